The molecule has 0 saturated carbocycles. The highest BCUT2D eigenvalue weighted by atomic mass is 127. The van der Waals surface area contributed by atoms with E-state index in [1.807, 2.05) is 0 Å². The molecule has 6 heteroatoms. The van der Waals surface area contributed by atoms with E-state index in [9.17, 15) is 0 Å². The molecule has 3 heterocycles. The molecular formula is C9H7ClIN3O. The fourth-order valence-corrected chi connectivity index (χ4v) is 2.47. The van der Waals surface area contributed by atoms with Crippen LogP contribution in [0.4, 0.5) is 0 Å². The van der Waals surface area contributed by atoms with Crippen molar-refractivity contribution in [3.05, 3.63) is 20.6 Å². The summed E-state index contributed by atoms with van der Waals surface area (Å²) in [6.07, 6.45) is 3.67. The van der Waals surface area contributed by atoms with Crippen molar-refractivity contribution in [2.24, 2.45) is 0 Å². The lowest BCUT2D eigenvalue weighted by Gasteiger charge is -2.18. The van der Waals surface area contributed by atoms with E-state index in [0.717, 1.165) is 40.1 Å². The molecule has 1 aliphatic rings. The molecule has 0 atom stereocenters. The molecule has 0 saturated heterocycles. The zero-order valence-corrected chi connectivity index (χ0v) is 10.6. The fourth-order valence-electron chi connectivity index (χ4n) is 1.74. The van der Waals surface area contributed by atoms with Crippen LogP contribution in [0.2, 0.25) is 5.15 Å². The number of aromatic nitrogens is 3. The maximum atomic E-state index is 6.11. The summed E-state index contributed by atoms with van der Waals surface area (Å²) in [5.41, 5.74) is 1.75. The summed E-state index contributed by atoms with van der Waals surface area (Å²) in [5.74, 6) is 0.796. The Hall–Kier alpha value is -0.560. The third kappa shape index (κ3) is 1.40. The van der Waals surface area contributed by atoms with Crippen LogP contribution in [0.5, 0.6) is 5.75 Å². The van der Waals surface area contributed by atoms with Gasteiger partial charge in [0.2, 0.25) is 0 Å². The molecule has 2 aromatic rings. The van der Waals surface area contributed by atoms with Crippen LogP contribution in [-0.4, -0.2) is 21.2 Å². The minimum Gasteiger partial charge on any atom is -0.489 e. The van der Waals surface area contributed by atoms with Crippen LogP contribution in [-0.2, 0) is 6.42 Å². The summed E-state index contributed by atoms with van der Waals surface area (Å²) in [7, 11) is 0. The molecule has 0 amide bonds. The highest BCUT2D eigenvalue weighted by Gasteiger charge is 2.20. The first-order chi connectivity index (χ1) is 7.27. The molecule has 0 bridgehead atoms. The Balaban J connectivity index is 2.40. The monoisotopic (exact) mass is 335 g/mol. The van der Waals surface area contributed by atoms with Crippen molar-refractivity contribution >= 4 is 39.8 Å². The first-order valence-corrected chi connectivity index (χ1v) is 6.07. The van der Waals surface area contributed by atoms with Gasteiger partial charge >= 0.3 is 0 Å². The Kier molecular flexibility index (Phi) is 2.24. The van der Waals surface area contributed by atoms with Crippen LogP contribution < -0.4 is 4.74 Å². The lowest BCUT2D eigenvalue weighted by molar-refractivity contribution is 0.289. The largest absolute Gasteiger partial charge is 0.489 e. The minimum absolute atomic E-state index is 0.521. The number of nitrogens with zero attached hydrogens (tertiary/aromatic N) is 3. The van der Waals surface area contributed by atoms with Gasteiger partial charge in [-0.3, -0.25) is 0 Å². The molecule has 0 spiro atoms. The van der Waals surface area contributed by atoms with Crippen molar-refractivity contribution in [1.29, 1.82) is 0 Å². The van der Waals surface area contributed by atoms with Gasteiger partial charge in [0.15, 0.2) is 16.5 Å². The Morgan fingerprint density at radius 1 is 1.53 bits per heavy atom. The molecule has 0 N–H and O–H groups in total. The van der Waals surface area contributed by atoms with Gasteiger partial charge in [-0.25, -0.2) is 9.50 Å². The SMILES string of the molecule is Clc1nn2c(I)cnc2c2c1CCCO2. The number of ether oxygens (including phenoxy) is 1. The summed E-state index contributed by atoms with van der Waals surface area (Å²) >= 11 is 8.28. The molecule has 0 aromatic carbocycles. The number of rotatable bonds is 0. The number of hydrogen-bond donors (Lipinski definition) is 0. The number of fused-ring (bicyclic) bond motifs is 3. The van der Waals surface area contributed by atoms with Gasteiger partial charge in [0.05, 0.1) is 12.8 Å². The average molecular weight is 336 g/mol. The van der Waals surface area contributed by atoms with E-state index in [1.165, 1.54) is 0 Å². The standard InChI is InChI=1S/C9H7ClIN3O/c10-8-5-2-1-3-15-7(5)9-12-4-6(11)14(9)13-8/h4H,1-3H2. The fraction of sp³-hybridized carbons (Fsp3) is 0.333. The number of imidazole rings is 1. The summed E-state index contributed by atoms with van der Waals surface area (Å²) < 4.78 is 8.27. The summed E-state index contributed by atoms with van der Waals surface area (Å²) in [4.78, 5) is 4.28. The molecule has 0 unspecified atom stereocenters. The molecule has 78 valence electrons. The van der Waals surface area contributed by atoms with E-state index >= 15 is 0 Å². The lowest BCUT2D eigenvalue weighted by atomic mass is 10.1. The van der Waals surface area contributed by atoms with E-state index in [0.29, 0.717) is 5.15 Å². The summed E-state index contributed by atoms with van der Waals surface area (Å²) in [5, 5.41) is 4.80. The summed E-state index contributed by atoms with van der Waals surface area (Å²) in [6.45, 7) is 0.729. The van der Waals surface area contributed by atoms with Crippen molar-refractivity contribution in [2.75, 3.05) is 6.61 Å². The van der Waals surface area contributed by atoms with E-state index < -0.39 is 0 Å². The minimum atomic E-state index is 0.521. The van der Waals surface area contributed by atoms with Crippen molar-refractivity contribution in [3.8, 4) is 5.75 Å². The molecule has 0 aliphatic carbocycles. The predicted molar refractivity (Wildman–Crippen MR) is 64.5 cm³/mol. The van der Waals surface area contributed by atoms with Crippen molar-refractivity contribution < 1.29 is 4.74 Å². The van der Waals surface area contributed by atoms with Gasteiger partial charge in [-0.15, -0.1) is 0 Å². The summed E-state index contributed by atoms with van der Waals surface area (Å²) in [6, 6.07) is 0. The second-order valence-electron chi connectivity index (χ2n) is 3.37. The van der Waals surface area contributed by atoms with Gasteiger partial charge < -0.3 is 4.74 Å². The zero-order valence-electron chi connectivity index (χ0n) is 7.70. The van der Waals surface area contributed by atoms with Crippen molar-refractivity contribution in [1.82, 2.24) is 14.6 Å². The molecular weight excluding hydrogens is 328 g/mol. The molecule has 4 nitrogen and oxygen atoms in total. The molecule has 3 rings (SSSR count). The third-order valence-electron chi connectivity index (χ3n) is 2.43. The van der Waals surface area contributed by atoms with Crippen LogP contribution in [0.1, 0.15) is 12.0 Å². The zero-order chi connectivity index (χ0) is 10.4. The molecule has 0 fully saturated rings. The third-order valence-corrected chi connectivity index (χ3v) is 3.47. The predicted octanol–water partition coefficient (Wildman–Crippen LogP) is 2.31. The maximum absolute atomic E-state index is 6.11. The van der Waals surface area contributed by atoms with E-state index in [1.54, 1.807) is 10.7 Å². The average Bonchev–Trinajstić information content (AvgIpc) is 2.62. The topological polar surface area (TPSA) is 39.4 Å². The van der Waals surface area contributed by atoms with E-state index in [-0.39, 0.29) is 0 Å². The Bertz CT molecular complexity index is 540. The van der Waals surface area contributed by atoms with E-state index in [4.69, 9.17) is 16.3 Å². The lowest BCUT2D eigenvalue weighted by Crippen LogP contribution is -2.12. The quantitative estimate of drug-likeness (QED) is 0.694. The maximum Gasteiger partial charge on any atom is 0.197 e. The van der Waals surface area contributed by atoms with Gasteiger partial charge in [0.1, 0.15) is 3.70 Å². The van der Waals surface area contributed by atoms with Crippen LogP contribution in [0.3, 0.4) is 0 Å². The van der Waals surface area contributed by atoms with E-state index in [2.05, 4.69) is 32.7 Å². The van der Waals surface area contributed by atoms with Crippen molar-refractivity contribution in [2.45, 2.75) is 12.8 Å². The van der Waals surface area contributed by atoms with Crippen LogP contribution in [0.15, 0.2) is 6.20 Å². The Labute approximate surface area is 105 Å². The first-order valence-electron chi connectivity index (χ1n) is 4.62. The first kappa shape index (κ1) is 9.65. The van der Waals surface area contributed by atoms with Crippen LogP contribution in [0.25, 0.3) is 5.65 Å². The Morgan fingerprint density at radius 3 is 3.27 bits per heavy atom. The van der Waals surface area contributed by atoms with Crippen molar-refractivity contribution in [3.63, 3.8) is 0 Å². The van der Waals surface area contributed by atoms with Gasteiger partial charge in [-0.2, -0.15) is 5.10 Å². The van der Waals surface area contributed by atoms with Gasteiger partial charge in [-0.1, -0.05) is 11.6 Å². The highest BCUT2D eigenvalue weighted by Crippen LogP contribution is 2.33. The second kappa shape index (κ2) is 3.48. The van der Waals surface area contributed by atoms with Gasteiger partial charge in [-0.05, 0) is 35.4 Å². The van der Waals surface area contributed by atoms with Gasteiger partial charge in [0, 0.05) is 5.56 Å². The molecule has 1 aliphatic heterocycles. The van der Waals surface area contributed by atoms with Gasteiger partial charge in [0.25, 0.3) is 0 Å². The molecule has 0 radical (unpaired) electrons. The van der Waals surface area contributed by atoms with Crippen LogP contribution in [0, 0.1) is 3.70 Å². The Morgan fingerprint density at radius 2 is 2.40 bits per heavy atom. The number of halogens is 2. The van der Waals surface area contributed by atoms with Crippen LogP contribution >= 0.6 is 34.2 Å². The smallest absolute Gasteiger partial charge is 0.197 e. The molecule has 2 aromatic heterocycles. The normalized spacial score (nSPS) is 15.1. The number of hydrogen-bond acceptors (Lipinski definition) is 3. The highest BCUT2D eigenvalue weighted by molar-refractivity contribution is 14.1. The molecule has 15 heavy (non-hydrogen) atoms. The second-order valence-corrected chi connectivity index (χ2v) is 4.83.